The fourth-order valence-electron chi connectivity index (χ4n) is 5.00. The van der Waals surface area contributed by atoms with Gasteiger partial charge >= 0.3 is 0 Å². The summed E-state index contributed by atoms with van der Waals surface area (Å²) >= 11 is 0. The number of rotatable bonds is 4. The fourth-order valence-corrected chi connectivity index (χ4v) is 5.00. The maximum atomic E-state index is 14.4. The Balaban J connectivity index is 1.31. The number of aromatic nitrogens is 4. The summed E-state index contributed by atoms with van der Waals surface area (Å²) < 4.78 is 16.5. The van der Waals surface area contributed by atoms with E-state index >= 15 is 0 Å². The quantitative estimate of drug-likeness (QED) is 0.427. The molecule has 3 N–H and O–H groups in total. The standard InChI is InChI=1S/C28H21FN6O2/c29-22-8-4-7-19-21(22)15-35(28(19)37)24(23-16-34-13-5-10-25(34)33-23)9-3-1-2-6-17-18-11-12-31-27(18)32-14-20(17)26(30)36/h4,7-8,11-12,14,16,24H,5,9-10,13,15H2,(H2,30,36)(H,31,32). The van der Waals surface area contributed by atoms with Crippen molar-refractivity contribution >= 4 is 22.8 Å². The van der Waals surface area contributed by atoms with Gasteiger partial charge in [-0.15, -0.1) is 0 Å². The van der Waals surface area contributed by atoms with E-state index in [1.54, 1.807) is 29.3 Å². The van der Waals surface area contributed by atoms with E-state index in [0.29, 0.717) is 27.7 Å². The molecular weight excluding hydrogens is 471 g/mol. The molecular formula is C28H21FN6O2. The number of fused-ring (bicyclic) bond motifs is 3. The molecule has 37 heavy (non-hydrogen) atoms. The molecule has 0 saturated heterocycles. The lowest BCUT2D eigenvalue weighted by Gasteiger charge is -2.25. The van der Waals surface area contributed by atoms with Gasteiger partial charge in [0.25, 0.3) is 11.8 Å². The summed E-state index contributed by atoms with van der Waals surface area (Å²) in [5, 5.41) is 0.679. The van der Waals surface area contributed by atoms with Gasteiger partial charge in [0.15, 0.2) is 0 Å². The number of benzene rings is 1. The van der Waals surface area contributed by atoms with Crippen LogP contribution in [-0.4, -0.2) is 36.2 Å². The van der Waals surface area contributed by atoms with Gasteiger partial charge < -0.3 is 20.2 Å². The van der Waals surface area contributed by atoms with Gasteiger partial charge in [0.05, 0.1) is 29.4 Å². The average Bonchev–Trinajstić information content (AvgIpc) is 3.66. The minimum Gasteiger partial charge on any atom is -0.366 e. The third kappa shape index (κ3) is 3.91. The van der Waals surface area contributed by atoms with Gasteiger partial charge in [-0.25, -0.2) is 14.4 Å². The van der Waals surface area contributed by atoms with Crippen LogP contribution in [0.3, 0.4) is 0 Å². The first-order valence-corrected chi connectivity index (χ1v) is 11.9. The third-order valence-corrected chi connectivity index (χ3v) is 6.82. The first-order chi connectivity index (χ1) is 18.0. The minimum absolute atomic E-state index is 0.158. The van der Waals surface area contributed by atoms with Gasteiger partial charge in [-0.2, -0.15) is 0 Å². The molecule has 3 aromatic heterocycles. The van der Waals surface area contributed by atoms with Crippen molar-refractivity contribution in [1.82, 2.24) is 24.4 Å². The summed E-state index contributed by atoms with van der Waals surface area (Å²) in [7, 11) is 0. The summed E-state index contributed by atoms with van der Waals surface area (Å²) in [6.07, 6.45) is 7.26. The number of nitrogens with two attached hydrogens (primary N) is 1. The van der Waals surface area contributed by atoms with Crippen molar-refractivity contribution in [2.24, 2.45) is 5.73 Å². The van der Waals surface area contributed by atoms with Crippen molar-refractivity contribution in [3.63, 3.8) is 0 Å². The number of imidazole rings is 1. The van der Waals surface area contributed by atoms with Crippen molar-refractivity contribution in [2.45, 2.75) is 38.4 Å². The molecule has 182 valence electrons. The maximum Gasteiger partial charge on any atom is 0.255 e. The number of pyridine rings is 1. The lowest BCUT2D eigenvalue weighted by atomic mass is 10.1. The lowest BCUT2D eigenvalue weighted by Crippen LogP contribution is -2.29. The number of hydrogen-bond acceptors (Lipinski definition) is 4. The van der Waals surface area contributed by atoms with E-state index in [4.69, 9.17) is 10.7 Å². The first kappa shape index (κ1) is 22.6. The molecule has 5 heterocycles. The molecule has 1 aromatic carbocycles. The van der Waals surface area contributed by atoms with Gasteiger partial charge in [0, 0.05) is 54.5 Å². The Bertz CT molecular complexity index is 1690. The van der Waals surface area contributed by atoms with E-state index in [0.717, 1.165) is 30.9 Å². The van der Waals surface area contributed by atoms with Gasteiger partial charge in [-0.3, -0.25) is 9.59 Å². The van der Waals surface area contributed by atoms with Crippen molar-refractivity contribution < 1.29 is 14.0 Å². The highest BCUT2D eigenvalue weighted by Crippen LogP contribution is 2.34. The van der Waals surface area contributed by atoms with E-state index in [-0.39, 0.29) is 24.4 Å². The van der Waals surface area contributed by atoms with Crippen LogP contribution in [0.4, 0.5) is 4.39 Å². The summed E-state index contributed by atoms with van der Waals surface area (Å²) in [6.45, 7) is 1.04. The number of nitrogens with zero attached hydrogens (tertiary/aromatic N) is 4. The Morgan fingerprint density at radius 2 is 2.16 bits per heavy atom. The number of primary amides is 1. The fraction of sp³-hybridized carbons (Fsp3) is 0.214. The molecule has 9 heteroatoms. The van der Waals surface area contributed by atoms with Crippen molar-refractivity contribution in [3.05, 3.63) is 82.4 Å². The summed E-state index contributed by atoms with van der Waals surface area (Å²) in [5.41, 5.74) is 8.27. The molecule has 0 spiro atoms. The molecule has 6 rings (SSSR count). The molecule has 0 bridgehead atoms. The molecule has 0 radical (unpaired) electrons. The van der Waals surface area contributed by atoms with Crippen LogP contribution in [0.15, 0.2) is 42.9 Å². The number of aromatic amines is 1. The molecule has 1 unspecified atom stereocenters. The van der Waals surface area contributed by atoms with Gasteiger partial charge in [-0.05, 0) is 36.5 Å². The van der Waals surface area contributed by atoms with Crippen LogP contribution in [0.5, 0.6) is 0 Å². The van der Waals surface area contributed by atoms with E-state index in [9.17, 15) is 14.0 Å². The normalized spacial score (nSPS) is 14.5. The number of carbonyl (C=O) groups is 2. The monoisotopic (exact) mass is 492 g/mol. The number of amides is 2. The zero-order valence-electron chi connectivity index (χ0n) is 19.7. The van der Waals surface area contributed by atoms with E-state index in [1.807, 2.05) is 6.20 Å². The number of hydrogen-bond donors (Lipinski definition) is 2. The van der Waals surface area contributed by atoms with E-state index < -0.39 is 17.8 Å². The average molecular weight is 493 g/mol. The number of nitrogens with one attached hydrogen (secondary N) is 1. The van der Waals surface area contributed by atoms with Crippen LogP contribution < -0.4 is 5.73 Å². The lowest BCUT2D eigenvalue weighted by molar-refractivity contribution is 0.0700. The molecule has 0 aliphatic carbocycles. The van der Waals surface area contributed by atoms with E-state index in [1.165, 1.54) is 12.3 Å². The molecule has 2 aliphatic heterocycles. The Morgan fingerprint density at radius 1 is 1.27 bits per heavy atom. The topological polar surface area (TPSA) is 110 Å². The van der Waals surface area contributed by atoms with Crippen LogP contribution in [0.2, 0.25) is 0 Å². The number of carbonyl (C=O) groups excluding carboxylic acids is 2. The van der Waals surface area contributed by atoms with Gasteiger partial charge in [-0.1, -0.05) is 17.9 Å². The largest absolute Gasteiger partial charge is 0.366 e. The third-order valence-electron chi connectivity index (χ3n) is 6.82. The smallest absolute Gasteiger partial charge is 0.255 e. The van der Waals surface area contributed by atoms with Crippen LogP contribution in [-0.2, 0) is 19.5 Å². The van der Waals surface area contributed by atoms with E-state index in [2.05, 4.69) is 38.2 Å². The second kappa shape index (κ2) is 8.96. The Hall–Kier alpha value is -4.89. The zero-order chi connectivity index (χ0) is 25.5. The zero-order valence-corrected chi connectivity index (χ0v) is 19.7. The highest BCUT2D eigenvalue weighted by Gasteiger charge is 2.36. The summed E-state index contributed by atoms with van der Waals surface area (Å²) in [6, 6.07) is 5.88. The van der Waals surface area contributed by atoms with Crippen LogP contribution in [0.25, 0.3) is 11.0 Å². The molecule has 4 aromatic rings. The maximum absolute atomic E-state index is 14.4. The van der Waals surface area contributed by atoms with Gasteiger partial charge in [0.2, 0.25) is 0 Å². The first-order valence-electron chi connectivity index (χ1n) is 11.9. The number of aryl methyl sites for hydroxylation is 2. The molecule has 2 aliphatic rings. The number of H-pyrrole nitrogens is 1. The predicted molar refractivity (Wildman–Crippen MR) is 133 cm³/mol. The van der Waals surface area contributed by atoms with Crippen LogP contribution >= 0.6 is 0 Å². The predicted octanol–water partition coefficient (Wildman–Crippen LogP) is 3.09. The highest BCUT2D eigenvalue weighted by molar-refractivity contribution is 6.00. The molecule has 1 atom stereocenters. The number of halogens is 1. The molecule has 0 fully saturated rings. The Labute approximate surface area is 211 Å². The molecule has 8 nitrogen and oxygen atoms in total. The summed E-state index contributed by atoms with van der Waals surface area (Å²) in [4.78, 5) is 38.7. The second-order valence-corrected chi connectivity index (χ2v) is 9.00. The second-order valence-electron chi connectivity index (χ2n) is 9.00. The Kier molecular flexibility index (Phi) is 5.46. The van der Waals surface area contributed by atoms with Crippen molar-refractivity contribution in [3.8, 4) is 23.7 Å². The van der Waals surface area contributed by atoms with Crippen molar-refractivity contribution in [1.29, 1.82) is 0 Å². The molecule has 0 saturated carbocycles. The highest BCUT2D eigenvalue weighted by atomic mass is 19.1. The summed E-state index contributed by atoms with van der Waals surface area (Å²) in [5.74, 6) is 11.3. The van der Waals surface area contributed by atoms with Crippen LogP contribution in [0.1, 0.15) is 62.2 Å². The molecule has 2 amide bonds. The Morgan fingerprint density at radius 3 is 2.97 bits per heavy atom. The van der Waals surface area contributed by atoms with Crippen molar-refractivity contribution in [2.75, 3.05) is 0 Å². The van der Waals surface area contributed by atoms with Gasteiger partial charge in [0.1, 0.15) is 17.3 Å². The minimum atomic E-state index is -0.625. The van der Waals surface area contributed by atoms with Crippen LogP contribution in [0, 0.1) is 29.5 Å². The SMILES string of the molecule is NC(=O)c1cnc2[nH]ccc2c1C#CC#CCC(c1cn2c(n1)CCC2)N1Cc2c(F)cccc2C1=O.